The molecule has 0 aliphatic heterocycles. The number of anilines is 1. The van der Waals surface area contributed by atoms with E-state index in [-0.39, 0.29) is 23.3 Å². The molecule has 0 bridgehead atoms. The van der Waals surface area contributed by atoms with Gasteiger partial charge in [-0.15, -0.1) is 0 Å². The summed E-state index contributed by atoms with van der Waals surface area (Å²) in [7, 11) is 3.17. The van der Waals surface area contributed by atoms with E-state index < -0.39 is 0 Å². The highest BCUT2D eigenvalue weighted by molar-refractivity contribution is 6.03. The number of urea groups is 1. The monoisotopic (exact) mass is 280 g/mol. The molecule has 110 valence electrons. The molecule has 0 unspecified atom stereocenters. The van der Waals surface area contributed by atoms with E-state index in [9.17, 15) is 9.18 Å². The zero-order chi connectivity index (χ0) is 15.5. The number of guanidine groups is 1. The van der Waals surface area contributed by atoms with E-state index in [2.05, 4.69) is 5.32 Å². The Hall–Kier alpha value is -2.11. The van der Waals surface area contributed by atoms with Crippen molar-refractivity contribution in [2.75, 3.05) is 19.0 Å². The average Bonchev–Trinajstić information content (AvgIpc) is 2.35. The molecule has 0 saturated carbocycles. The minimum atomic E-state index is -0.375. The summed E-state index contributed by atoms with van der Waals surface area (Å²) in [5, 5.41) is 10.8. The molecule has 0 aliphatic rings. The number of nitrogens with zero attached hydrogens (tertiary/aromatic N) is 2. The van der Waals surface area contributed by atoms with Gasteiger partial charge in [-0.05, 0) is 45.0 Å². The number of rotatable bonds is 1. The summed E-state index contributed by atoms with van der Waals surface area (Å²) in [6.07, 6.45) is 0. The lowest BCUT2D eigenvalue weighted by atomic mass is 10.1. The Labute approximate surface area is 118 Å². The first-order valence-electron chi connectivity index (χ1n) is 6.25. The van der Waals surface area contributed by atoms with Gasteiger partial charge in [-0.2, -0.15) is 0 Å². The summed E-state index contributed by atoms with van der Waals surface area (Å²) in [5.41, 5.74) is 0.256. The maximum Gasteiger partial charge on any atom is 0.324 e. The SMILES string of the molecule is CN(C(=N)N(C)c1ccc(F)cc1)C(=O)NC(C)(C)C. The van der Waals surface area contributed by atoms with Crippen LogP contribution in [0.2, 0.25) is 0 Å². The molecule has 0 saturated heterocycles. The number of halogens is 1. The third kappa shape index (κ3) is 4.22. The first-order chi connectivity index (χ1) is 9.11. The summed E-state index contributed by atoms with van der Waals surface area (Å²) in [6.45, 7) is 5.60. The summed E-state index contributed by atoms with van der Waals surface area (Å²) < 4.78 is 12.9. The Bertz CT molecular complexity index is 493. The summed E-state index contributed by atoms with van der Waals surface area (Å²) in [4.78, 5) is 14.7. The maximum atomic E-state index is 12.9. The molecule has 0 radical (unpaired) electrons. The van der Waals surface area contributed by atoms with Crippen LogP contribution in [-0.2, 0) is 0 Å². The van der Waals surface area contributed by atoms with E-state index in [1.54, 1.807) is 19.2 Å². The molecule has 1 aromatic rings. The van der Waals surface area contributed by atoms with Gasteiger partial charge in [0.2, 0.25) is 5.96 Å². The summed E-state index contributed by atoms with van der Waals surface area (Å²) in [6, 6.07) is 5.37. The van der Waals surface area contributed by atoms with E-state index in [4.69, 9.17) is 5.41 Å². The van der Waals surface area contributed by atoms with E-state index in [0.717, 1.165) is 0 Å². The molecule has 1 rings (SSSR count). The van der Waals surface area contributed by atoms with Gasteiger partial charge in [0.25, 0.3) is 0 Å². The van der Waals surface area contributed by atoms with Gasteiger partial charge in [0.05, 0.1) is 0 Å². The second kappa shape index (κ2) is 5.90. The van der Waals surface area contributed by atoms with Crippen molar-refractivity contribution < 1.29 is 9.18 Å². The number of nitrogens with one attached hydrogen (secondary N) is 2. The van der Waals surface area contributed by atoms with Crippen molar-refractivity contribution in [1.82, 2.24) is 10.2 Å². The number of hydrogen-bond acceptors (Lipinski definition) is 2. The summed E-state index contributed by atoms with van der Waals surface area (Å²) >= 11 is 0. The fourth-order valence-electron chi connectivity index (χ4n) is 1.51. The van der Waals surface area contributed by atoms with Crippen LogP contribution >= 0.6 is 0 Å². The van der Waals surface area contributed by atoms with Crippen molar-refractivity contribution in [3.8, 4) is 0 Å². The zero-order valence-electron chi connectivity index (χ0n) is 12.5. The molecule has 5 nitrogen and oxygen atoms in total. The Kier molecular flexibility index (Phi) is 4.70. The van der Waals surface area contributed by atoms with Gasteiger partial charge in [0.1, 0.15) is 5.82 Å². The Balaban J connectivity index is 2.78. The number of carbonyl (C=O) groups excluding carboxylic acids is 1. The number of amides is 2. The van der Waals surface area contributed by atoms with Crippen LogP contribution < -0.4 is 10.2 Å². The molecular weight excluding hydrogens is 259 g/mol. The normalized spacial score (nSPS) is 10.9. The molecule has 2 amide bonds. The highest BCUT2D eigenvalue weighted by Crippen LogP contribution is 2.14. The van der Waals surface area contributed by atoms with Gasteiger partial charge in [-0.1, -0.05) is 0 Å². The van der Waals surface area contributed by atoms with Crippen LogP contribution in [0.15, 0.2) is 24.3 Å². The van der Waals surface area contributed by atoms with E-state index >= 15 is 0 Å². The number of hydrogen-bond donors (Lipinski definition) is 2. The van der Waals surface area contributed by atoms with Crippen LogP contribution in [0.1, 0.15) is 20.8 Å². The third-order valence-electron chi connectivity index (χ3n) is 2.64. The molecule has 1 aromatic carbocycles. The average molecular weight is 280 g/mol. The topological polar surface area (TPSA) is 59.4 Å². The standard InChI is InChI=1S/C14H21FN4O/c1-14(2,3)17-13(20)19(5)12(16)18(4)11-8-6-10(15)7-9-11/h6-9,16H,1-5H3,(H,17,20). The molecule has 0 spiro atoms. The smallest absolute Gasteiger partial charge is 0.324 e. The molecule has 20 heavy (non-hydrogen) atoms. The largest absolute Gasteiger partial charge is 0.333 e. The van der Waals surface area contributed by atoms with Crippen molar-refractivity contribution in [2.45, 2.75) is 26.3 Å². The van der Waals surface area contributed by atoms with E-state index in [0.29, 0.717) is 5.69 Å². The van der Waals surface area contributed by atoms with Crippen LogP contribution in [-0.4, -0.2) is 36.5 Å². The first kappa shape index (κ1) is 15.9. The van der Waals surface area contributed by atoms with Crippen molar-refractivity contribution in [3.63, 3.8) is 0 Å². The van der Waals surface area contributed by atoms with Gasteiger partial charge in [-0.25, -0.2) is 9.18 Å². The van der Waals surface area contributed by atoms with Gasteiger partial charge >= 0.3 is 6.03 Å². The molecular formula is C14H21FN4O. The Morgan fingerprint density at radius 2 is 1.70 bits per heavy atom. The predicted molar refractivity (Wildman–Crippen MR) is 78.6 cm³/mol. The fourth-order valence-corrected chi connectivity index (χ4v) is 1.51. The summed E-state index contributed by atoms with van der Waals surface area (Å²) in [5.74, 6) is -0.342. The predicted octanol–water partition coefficient (Wildman–Crippen LogP) is 2.64. The van der Waals surface area contributed by atoms with Crippen molar-refractivity contribution in [1.29, 1.82) is 5.41 Å². The van der Waals surface area contributed by atoms with Gasteiger partial charge < -0.3 is 10.2 Å². The highest BCUT2D eigenvalue weighted by atomic mass is 19.1. The highest BCUT2D eigenvalue weighted by Gasteiger charge is 2.22. The van der Waals surface area contributed by atoms with Crippen molar-refractivity contribution in [3.05, 3.63) is 30.1 Å². The fraction of sp³-hybridized carbons (Fsp3) is 0.429. The van der Waals surface area contributed by atoms with Crippen molar-refractivity contribution in [2.24, 2.45) is 0 Å². The molecule has 2 N–H and O–H groups in total. The van der Waals surface area contributed by atoms with Crippen LogP contribution in [0.4, 0.5) is 14.9 Å². The molecule has 0 aromatic heterocycles. The van der Waals surface area contributed by atoms with E-state index in [1.165, 1.54) is 29.0 Å². The van der Waals surface area contributed by atoms with Crippen LogP contribution in [0.25, 0.3) is 0 Å². The van der Waals surface area contributed by atoms with Crippen LogP contribution in [0.5, 0.6) is 0 Å². The quantitative estimate of drug-likeness (QED) is 0.613. The molecule has 6 heteroatoms. The van der Waals surface area contributed by atoms with Gasteiger partial charge in [-0.3, -0.25) is 10.3 Å². The maximum absolute atomic E-state index is 12.9. The molecule has 0 atom stereocenters. The molecule has 0 fully saturated rings. The van der Waals surface area contributed by atoms with Crippen molar-refractivity contribution >= 4 is 17.7 Å². The minimum Gasteiger partial charge on any atom is -0.333 e. The lowest BCUT2D eigenvalue weighted by molar-refractivity contribution is 0.216. The zero-order valence-corrected chi connectivity index (χ0v) is 12.5. The first-order valence-corrected chi connectivity index (χ1v) is 6.25. The molecule has 0 aliphatic carbocycles. The Morgan fingerprint density at radius 3 is 2.15 bits per heavy atom. The number of benzene rings is 1. The second-order valence-electron chi connectivity index (χ2n) is 5.60. The van der Waals surface area contributed by atoms with E-state index in [1.807, 2.05) is 20.8 Å². The lowest BCUT2D eigenvalue weighted by Crippen LogP contribution is -2.52. The van der Waals surface area contributed by atoms with Crippen LogP contribution in [0, 0.1) is 11.2 Å². The van der Waals surface area contributed by atoms with Gasteiger partial charge in [0.15, 0.2) is 0 Å². The lowest BCUT2D eigenvalue weighted by Gasteiger charge is -2.29. The van der Waals surface area contributed by atoms with Crippen LogP contribution in [0.3, 0.4) is 0 Å². The number of carbonyl (C=O) groups is 1. The third-order valence-corrected chi connectivity index (χ3v) is 2.64. The van der Waals surface area contributed by atoms with Gasteiger partial charge in [0, 0.05) is 25.3 Å². The Morgan fingerprint density at radius 1 is 1.20 bits per heavy atom. The molecule has 0 heterocycles. The second-order valence-corrected chi connectivity index (χ2v) is 5.60. The minimum absolute atomic E-state index is 0.00152.